The van der Waals surface area contributed by atoms with Crippen molar-refractivity contribution in [2.45, 2.75) is 0 Å². The highest BCUT2D eigenvalue weighted by molar-refractivity contribution is 14.2. The lowest BCUT2D eigenvalue weighted by Gasteiger charge is -1.71. The molecule has 0 aliphatic heterocycles. The number of halogens is 1. The van der Waals surface area contributed by atoms with Crippen LogP contribution in [0.25, 0.3) is 0 Å². The fourth-order valence-corrected chi connectivity index (χ4v) is 1.03. The highest BCUT2D eigenvalue weighted by atomic mass is 127. The van der Waals surface area contributed by atoms with Crippen molar-refractivity contribution >= 4 is 25.2 Å². The Morgan fingerprint density at radius 1 is 1.86 bits per heavy atom. The Morgan fingerprint density at radius 3 is 3.00 bits per heavy atom. The molecule has 0 aromatic carbocycles. The van der Waals surface area contributed by atoms with E-state index >= 15 is 0 Å². The van der Waals surface area contributed by atoms with Gasteiger partial charge < -0.3 is 4.98 Å². The van der Waals surface area contributed by atoms with Crippen LogP contribution in [0.5, 0.6) is 0 Å². The van der Waals surface area contributed by atoms with Gasteiger partial charge in [-0.3, -0.25) is 0 Å². The van der Waals surface area contributed by atoms with Crippen LogP contribution in [0.3, 0.4) is 0 Å². The Labute approximate surface area is 51.7 Å². The molecule has 0 atom stereocenters. The summed E-state index contributed by atoms with van der Waals surface area (Å²) in [7, 11) is 0. The third-order valence-corrected chi connectivity index (χ3v) is 2.02. The molecule has 0 bridgehead atoms. The molecule has 0 amide bonds. The van der Waals surface area contributed by atoms with Crippen LogP contribution in [-0.2, 0) is 0 Å². The summed E-state index contributed by atoms with van der Waals surface area (Å²) in [5.41, 5.74) is 0. The Balaban J connectivity index is 2.96. The molecular formula is C4H5IN2. The van der Waals surface area contributed by atoms with Gasteiger partial charge in [-0.1, -0.05) is 25.2 Å². The van der Waals surface area contributed by atoms with E-state index in [0.29, 0.717) is 0 Å². The maximum atomic E-state index is 3.82. The number of H-pyrrole nitrogens is 1. The van der Waals surface area contributed by atoms with Gasteiger partial charge in [-0.15, -0.1) is 0 Å². The van der Waals surface area contributed by atoms with Crippen molar-refractivity contribution in [3.8, 4) is 0 Å². The molecule has 0 aliphatic rings. The van der Waals surface area contributed by atoms with E-state index in [1.165, 1.54) is 3.70 Å². The minimum absolute atomic E-state index is 0.0211. The van der Waals surface area contributed by atoms with E-state index in [1.54, 1.807) is 6.33 Å². The summed E-state index contributed by atoms with van der Waals surface area (Å²) >= 11 is -0.0211. The first-order valence-corrected chi connectivity index (χ1v) is 4.40. The second kappa shape index (κ2) is 2.20. The second-order valence-electron chi connectivity index (χ2n) is 1.03. The molecule has 1 heterocycles. The zero-order chi connectivity index (χ0) is 5.11. The molecule has 0 fully saturated rings. The number of nitrogens with zero attached hydrogens (tertiary/aromatic N) is 1. The van der Waals surface area contributed by atoms with Gasteiger partial charge in [0.25, 0.3) is 0 Å². The van der Waals surface area contributed by atoms with Gasteiger partial charge in [0.1, 0.15) is 0 Å². The number of aromatic amines is 1. The normalized spacial score (nSPS) is 9.14. The topological polar surface area (TPSA) is 28.7 Å². The maximum absolute atomic E-state index is 3.82. The molecule has 3 heteroatoms. The van der Waals surface area contributed by atoms with Gasteiger partial charge in [-0.2, -0.15) is 0 Å². The monoisotopic (exact) mass is 208 g/mol. The average Bonchev–Trinajstić information content (AvgIpc) is 2.14. The van der Waals surface area contributed by atoms with Crippen LogP contribution in [0.1, 0.15) is 0 Å². The van der Waals surface area contributed by atoms with Gasteiger partial charge in [-0.25, -0.2) is 4.98 Å². The Morgan fingerprint density at radius 2 is 2.71 bits per heavy atom. The number of nitrogens with one attached hydrogen (secondary N) is 1. The van der Waals surface area contributed by atoms with E-state index in [9.17, 15) is 0 Å². The molecule has 0 spiro atoms. The Kier molecular flexibility index (Phi) is 1.56. The first-order valence-electron chi connectivity index (χ1n) is 1.80. The second-order valence-corrected chi connectivity index (χ2v) is 2.96. The first-order chi connectivity index (χ1) is 3.43. The predicted molar refractivity (Wildman–Crippen MR) is 38.4 cm³/mol. The van der Waals surface area contributed by atoms with E-state index in [0.717, 1.165) is 0 Å². The lowest BCUT2D eigenvalue weighted by Crippen LogP contribution is -1.60. The van der Waals surface area contributed by atoms with Crippen molar-refractivity contribution in [3.05, 3.63) is 16.2 Å². The zero-order valence-corrected chi connectivity index (χ0v) is 5.84. The van der Waals surface area contributed by atoms with Crippen molar-refractivity contribution in [1.82, 2.24) is 9.97 Å². The van der Waals surface area contributed by atoms with Crippen LogP contribution in [0.15, 0.2) is 12.5 Å². The summed E-state index contributed by atoms with van der Waals surface area (Å²) in [5, 5.41) is 0. The number of hydrogen-bond donors (Lipinski definition) is 1. The summed E-state index contributed by atoms with van der Waals surface area (Å²) in [4.78, 5) is 6.79. The summed E-state index contributed by atoms with van der Waals surface area (Å²) < 4.78 is 4.96. The fourth-order valence-electron chi connectivity index (χ4n) is 0.312. The first kappa shape index (κ1) is 4.96. The van der Waals surface area contributed by atoms with E-state index in [2.05, 4.69) is 14.5 Å². The molecule has 7 heavy (non-hydrogen) atoms. The van der Waals surface area contributed by atoms with Crippen LogP contribution in [0.2, 0.25) is 0 Å². The smallest absolute Gasteiger partial charge is 0.0927 e. The number of aromatic nitrogens is 2. The van der Waals surface area contributed by atoms with Crippen LogP contribution in [0, 0.1) is 3.70 Å². The minimum atomic E-state index is -0.0211. The molecule has 0 radical (unpaired) electrons. The molecule has 1 rings (SSSR count). The molecule has 0 aliphatic carbocycles. The van der Waals surface area contributed by atoms with Crippen molar-refractivity contribution in [2.75, 3.05) is 0 Å². The van der Waals surface area contributed by atoms with Gasteiger partial charge in [0.05, 0.1) is 16.2 Å². The summed E-state index contributed by atoms with van der Waals surface area (Å²) in [6.45, 7) is 0. The molecule has 2 nitrogen and oxygen atoms in total. The standard InChI is InChI=1S/C4H5IN2/c1-5-4-2-6-3-7-4/h2-3H,1H2,(H,6,7). The SMILES string of the molecule is C=Ic1cnc[nH]1. The summed E-state index contributed by atoms with van der Waals surface area (Å²) in [6, 6.07) is 0. The molecule has 1 aromatic heterocycles. The van der Waals surface area contributed by atoms with Gasteiger partial charge in [0, 0.05) is 0 Å². The Bertz CT molecular complexity index is 145. The number of rotatable bonds is 1. The van der Waals surface area contributed by atoms with E-state index < -0.39 is 0 Å². The molecule has 0 saturated carbocycles. The van der Waals surface area contributed by atoms with Crippen LogP contribution >= 0.6 is 20.7 Å². The van der Waals surface area contributed by atoms with E-state index in [1.807, 2.05) is 6.20 Å². The van der Waals surface area contributed by atoms with Crippen molar-refractivity contribution in [1.29, 1.82) is 0 Å². The van der Waals surface area contributed by atoms with E-state index in [-0.39, 0.29) is 20.7 Å². The predicted octanol–water partition coefficient (Wildman–Crippen LogP) is 0.982. The summed E-state index contributed by atoms with van der Waals surface area (Å²) in [5.74, 6) is 0. The maximum Gasteiger partial charge on any atom is 0.0927 e. The lowest BCUT2D eigenvalue weighted by molar-refractivity contribution is 1.30. The highest BCUT2D eigenvalue weighted by Crippen LogP contribution is 2.00. The largest absolute Gasteiger partial charge is 0.340 e. The number of imidazole rings is 1. The van der Waals surface area contributed by atoms with Crippen LogP contribution in [0.4, 0.5) is 0 Å². The molecule has 38 valence electrons. The third kappa shape index (κ3) is 1.09. The van der Waals surface area contributed by atoms with Gasteiger partial charge in [0.15, 0.2) is 0 Å². The fraction of sp³-hybridized carbons (Fsp3) is 0. The average molecular weight is 208 g/mol. The van der Waals surface area contributed by atoms with Gasteiger partial charge >= 0.3 is 0 Å². The van der Waals surface area contributed by atoms with Crippen LogP contribution in [-0.4, -0.2) is 14.5 Å². The third-order valence-electron chi connectivity index (χ3n) is 0.609. The van der Waals surface area contributed by atoms with E-state index in [4.69, 9.17) is 0 Å². The van der Waals surface area contributed by atoms with Crippen molar-refractivity contribution in [2.24, 2.45) is 0 Å². The molecule has 1 N–H and O–H groups in total. The molecular weight excluding hydrogens is 203 g/mol. The lowest BCUT2D eigenvalue weighted by atomic mass is 11.0. The Hall–Kier alpha value is -0.190. The highest BCUT2D eigenvalue weighted by Gasteiger charge is 1.78. The van der Waals surface area contributed by atoms with Crippen molar-refractivity contribution in [3.63, 3.8) is 0 Å². The summed E-state index contributed by atoms with van der Waals surface area (Å²) in [6.07, 6.45) is 3.50. The van der Waals surface area contributed by atoms with Gasteiger partial charge in [-0.05, 0) is 0 Å². The number of hydrogen-bond acceptors (Lipinski definition) is 1. The quantitative estimate of drug-likeness (QED) is 0.684. The molecule has 0 unspecified atom stereocenters. The van der Waals surface area contributed by atoms with Gasteiger partial charge in [0.2, 0.25) is 0 Å². The molecule has 1 aromatic rings. The minimum Gasteiger partial charge on any atom is -0.340 e. The molecule has 0 saturated heterocycles. The van der Waals surface area contributed by atoms with Crippen LogP contribution < -0.4 is 0 Å². The zero-order valence-electron chi connectivity index (χ0n) is 3.69. The van der Waals surface area contributed by atoms with Crippen molar-refractivity contribution < 1.29 is 0 Å².